The van der Waals surface area contributed by atoms with Gasteiger partial charge in [-0.2, -0.15) is 0 Å². The average molecular weight is 347 g/mol. The van der Waals surface area contributed by atoms with Crippen LogP contribution in [0.25, 0.3) is 0 Å². The summed E-state index contributed by atoms with van der Waals surface area (Å²) in [6.45, 7) is 7.15. The Hall–Kier alpha value is -2.27. The van der Waals surface area contributed by atoms with Crippen LogP contribution in [0.5, 0.6) is 5.88 Å². The lowest BCUT2D eigenvalue weighted by atomic mass is 10.2. The van der Waals surface area contributed by atoms with Crippen molar-refractivity contribution in [1.82, 2.24) is 4.98 Å². The van der Waals surface area contributed by atoms with E-state index in [0.717, 1.165) is 11.3 Å². The van der Waals surface area contributed by atoms with Gasteiger partial charge in [-0.25, -0.2) is 9.98 Å². The fourth-order valence-corrected chi connectivity index (χ4v) is 2.15. The number of nitrogens with one attached hydrogen (secondary N) is 1. The maximum atomic E-state index is 6.19. The molecule has 1 aromatic carbocycles. The van der Waals surface area contributed by atoms with Gasteiger partial charge in [0.2, 0.25) is 5.88 Å². The topological polar surface area (TPSA) is 72.5 Å². The van der Waals surface area contributed by atoms with Gasteiger partial charge in [0.05, 0.1) is 13.2 Å². The second kappa shape index (κ2) is 8.55. The molecule has 0 spiro atoms. The third kappa shape index (κ3) is 5.74. The minimum absolute atomic E-state index is 0.343. The van der Waals surface area contributed by atoms with Gasteiger partial charge in [-0.05, 0) is 36.6 Å². The van der Waals surface area contributed by atoms with Crippen molar-refractivity contribution in [2.75, 3.05) is 11.9 Å². The number of pyridine rings is 1. The van der Waals surface area contributed by atoms with Gasteiger partial charge in [0.1, 0.15) is 5.02 Å². The molecule has 0 atom stereocenters. The number of nitrogens with two attached hydrogens (primary N) is 1. The Balaban J connectivity index is 1.95. The lowest BCUT2D eigenvalue weighted by Crippen LogP contribution is -2.22. The zero-order valence-electron chi connectivity index (χ0n) is 14.2. The van der Waals surface area contributed by atoms with Crippen molar-refractivity contribution >= 4 is 23.2 Å². The summed E-state index contributed by atoms with van der Waals surface area (Å²) < 4.78 is 5.55. The summed E-state index contributed by atoms with van der Waals surface area (Å²) in [5.74, 6) is 1.21. The number of benzene rings is 1. The van der Waals surface area contributed by atoms with E-state index in [9.17, 15) is 0 Å². The molecule has 0 bridgehead atoms. The smallest absolute Gasteiger partial charge is 0.232 e. The third-order valence-corrected chi connectivity index (χ3v) is 3.44. The highest BCUT2D eigenvalue weighted by atomic mass is 35.5. The largest absolute Gasteiger partial charge is 0.476 e. The monoisotopic (exact) mass is 346 g/mol. The number of nitrogens with zero attached hydrogens (tertiary/aromatic N) is 2. The fourth-order valence-electron chi connectivity index (χ4n) is 1.90. The summed E-state index contributed by atoms with van der Waals surface area (Å²) in [5.41, 5.74) is 8.86. The van der Waals surface area contributed by atoms with E-state index in [-0.39, 0.29) is 0 Å². The van der Waals surface area contributed by atoms with Crippen molar-refractivity contribution in [3.63, 3.8) is 0 Å². The molecule has 0 aliphatic rings. The van der Waals surface area contributed by atoms with Crippen LogP contribution in [-0.2, 0) is 6.54 Å². The van der Waals surface area contributed by atoms with Gasteiger partial charge < -0.3 is 15.8 Å². The predicted octanol–water partition coefficient (Wildman–Crippen LogP) is 4.01. The lowest BCUT2D eigenvalue weighted by Gasteiger charge is -2.10. The summed E-state index contributed by atoms with van der Waals surface area (Å²) in [5, 5.41) is 3.53. The fraction of sp³-hybridized carbons (Fsp3) is 0.333. The maximum Gasteiger partial charge on any atom is 0.232 e. The molecule has 0 fully saturated rings. The molecule has 0 radical (unpaired) electrons. The van der Waals surface area contributed by atoms with Crippen molar-refractivity contribution in [2.45, 2.75) is 27.3 Å². The van der Waals surface area contributed by atoms with Crippen molar-refractivity contribution in [3.05, 3.63) is 52.7 Å². The highest BCUT2D eigenvalue weighted by molar-refractivity contribution is 6.31. The van der Waals surface area contributed by atoms with Gasteiger partial charge in [0, 0.05) is 11.9 Å². The van der Waals surface area contributed by atoms with Crippen molar-refractivity contribution in [3.8, 4) is 5.88 Å². The van der Waals surface area contributed by atoms with E-state index in [1.165, 1.54) is 5.56 Å². The van der Waals surface area contributed by atoms with Gasteiger partial charge in [-0.3, -0.25) is 0 Å². The molecule has 2 rings (SSSR count). The first-order valence-corrected chi connectivity index (χ1v) is 8.22. The Bertz CT molecular complexity index is 699. The van der Waals surface area contributed by atoms with Crippen LogP contribution in [0.1, 0.15) is 25.0 Å². The molecule has 1 aromatic heterocycles. The molecule has 2 aromatic rings. The Morgan fingerprint density at radius 3 is 2.67 bits per heavy atom. The van der Waals surface area contributed by atoms with Crippen LogP contribution in [0.4, 0.5) is 5.69 Å². The van der Waals surface area contributed by atoms with Crippen LogP contribution in [-0.4, -0.2) is 17.6 Å². The van der Waals surface area contributed by atoms with Gasteiger partial charge >= 0.3 is 0 Å². The molecule has 0 aliphatic heterocycles. The standard InChI is InChI=1S/C18H23ClN4O/c1-12(2)11-24-17-16(19)8-14(9-21-17)10-22-18(20)23-15-6-4-13(3)5-7-15/h4-9,12H,10-11H2,1-3H3,(H3,20,22,23). The molecule has 6 heteroatoms. The molecule has 0 unspecified atom stereocenters. The van der Waals surface area contributed by atoms with E-state index in [4.69, 9.17) is 22.1 Å². The summed E-state index contributed by atoms with van der Waals surface area (Å²) >= 11 is 6.19. The van der Waals surface area contributed by atoms with Crippen LogP contribution < -0.4 is 15.8 Å². The van der Waals surface area contributed by atoms with E-state index in [0.29, 0.717) is 35.9 Å². The summed E-state index contributed by atoms with van der Waals surface area (Å²) in [6.07, 6.45) is 1.70. The number of hydrogen-bond donors (Lipinski definition) is 2. The minimum atomic E-state index is 0.343. The van der Waals surface area contributed by atoms with Gasteiger partial charge in [0.25, 0.3) is 0 Å². The Labute approximate surface area is 147 Å². The second-order valence-electron chi connectivity index (χ2n) is 6.03. The molecule has 0 saturated carbocycles. The van der Waals surface area contributed by atoms with Crippen LogP contribution in [0.15, 0.2) is 41.5 Å². The number of rotatable bonds is 6. The maximum absolute atomic E-state index is 6.19. The van der Waals surface area contributed by atoms with Crippen LogP contribution in [0, 0.1) is 12.8 Å². The Morgan fingerprint density at radius 1 is 1.33 bits per heavy atom. The van der Waals surface area contributed by atoms with Crippen LogP contribution in [0.3, 0.4) is 0 Å². The number of anilines is 1. The number of hydrogen-bond acceptors (Lipinski definition) is 3. The van der Waals surface area contributed by atoms with Crippen LogP contribution in [0.2, 0.25) is 5.02 Å². The predicted molar refractivity (Wildman–Crippen MR) is 99.7 cm³/mol. The lowest BCUT2D eigenvalue weighted by molar-refractivity contribution is 0.261. The molecule has 0 saturated heterocycles. The highest BCUT2D eigenvalue weighted by Gasteiger charge is 2.06. The van der Waals surface area contributed by atoms with Gasteiger partial charge in [0.15, 0.2) is 5.96 Å². The van der Waals surface area contributed by atoms with Gasteiger partial charge in [-0.15, -0.1) is 0 Å². The van der Waals surface area contributed by atoms with E-state index in [2.05, 4.69) is 29.1 Å². The summed E-state index contributed by atoms with van der Waals surface area (Å²) in [4.78, 5) is 8.54. The quantitative estimate of drug-likeness (QED) is 0.612. The highest BCUT2D eigenvalue weighted by Crippen LogP contribution is 2.23. The number of aliphatic imine (C=N–C) groups is 1. The molecule has 0 amide bonds. The number of aromatic nitrogens is 1. The Morgan fingerprint density at radius 2 is 2.04 bits per heavy atom. The van der Waals surface area contributed by atoms with E-state index >= 15 is 0 Å². The van der Waals surface area contributed by atoms with E-state index in [1.54, 1.807) is 12.3 Å². The second-order valence-corrected chi connectivity index (χ2v) is 6.44. The van der Waals surface area contributed by atoms with Crippen molar-refractivity contribution < 1.29 is 4.74 Å². The molecule has 24 heavy (non-hydrogen) atoms. The first kappa shape index (κ1) is 18.1. The molecule has 3 N–H and O–H groups in total. The molecule has 1 heterocycles. The third-order valence-electron chi connectivity index (χ3n) is 3.17. The zero-order chi connectivity index (χ0) is 17.5. The summed E-state index contributed by atoms with van der Waals surface area (Å²) in [6, 6.07) is 9.73. The Kier molecular flexibility index (Phi) is 6.44. The number of aryl methyl sites for hydroxylation is 1. The van der Waals surface area contributed by atoms with Gasteiger partial charge in [-0.1, -0.05) is 43.1 Å². The zero-order valence-corrected chi connectivity index (χ0v) is 15.0. The molecular formula is C18H23ClN4O. The normalized spacial score (nSPS) is 11.6. The number of guanidine groups is 1. The van der Waals surface area contributed by atoms with Crippen LogP contribution >= 0.6 is 11.6 Å². The minimum Gasteiger partial charge on any atom is -0.476 e. The van der Waals surface area contributed by atoms with Crippen molar-refractivity contribution in [2.24, 2.45) is 16.6 Å². The molecular weight excluding hydrogens is 324 g/mol. The molecule has 5 nitrogen and oxygen atoms in total. The SMILES string of the molecule is Cc1ccc(NC(N)=NCc2cnc(OCC(C)C)c(Cl)c2)cc1. The molecule has 128 valence electrons. The first-order chi connectivity index (χ1) is 11.4. The first-order valence-electron chi connectivity index (χ1n) is 7.85. The van der Waals surface area contributed by atoms with Crippen molar-refractivity contribution in [1.29, 1.82) is 0 Å². The number of halogens is 1. The summed E-state index contributed by atoms with van der Waals surface area (Å²) in [7, 11) is 0. The molecule has 0 aliphatic carbocycles. The van der Waals surface area contributed by atoms with E-state index < -0.39 is 0 Å². The van der Waals surface area contributed by atoms with E-state index in [1.807, 2.05) is 31.2 Å². The average Bonchev–Trinajstić information content (AvgIpc) is 2.54. The number of ether oxygens (including phenoxy) is 1.